The molecule has 0 bridgehead atoms. The van der Waals surface area contributed by atoms with Crippen LogP contribution < -0.4 is 11.0 Å². The number of hydrogen-bond donors (Lipinski definition) is 1. The van der Waals surface area contributed by atoms with E-state index >= 15 is 0 Å². The van der Waals surface area contributed by atoms with Crippen molar-refractivity contribution in [2.24, 2.45) is 0 Å². The summed E-state index contributed by atoms with van der Waals surface area (Å²) in [6, 6.07) is 15.0. The highest BCUT2D eigenvalue weighted by molar-refractivity contribution is 5.97. The van der Waals surface area contributed by atoms with Crippen LogP contribution in [0, 0.1) is 0 Å². The minimum atomic E-state index is -0.399. The van der Waals surface area contributed by atoms with Crippen molar-refractivity contribution in [1.82, 2.24) is 9.66 Å². The minimum absolute atomic E-state index is 0.0872. The highest BCUT2D eigenvalue weighted by atomic mass is 16.2. The first-order valence-electron chi connectivity index (χ1n) is 8.40. The van der Waals surface area contributed by atoms with E-state index in [0.717, 1.165) is 10.2 Å². The van der Waals surface area contributed by atoms with E-state index in [1.54, 1.807) is 24.3 Å². The average Bonchev–Trinajstić information content (AvgIpc) is 2.62. The Balaban J connectivity index is 1.74. The topological polar surface area (TPSA) is 64.0 Å². The van der Waals surface area contributed by atoms with Crippen LogP contribution in [0.5, 0.6) is 0 Å². The van der Waals surface area contributed by atoms with Crippen LogP contribution in [0.25, 0.3) is 17.0 Å². The van der Waals surface area contributed by atoms with Crippen molar-refractivity contribution < 1.29 is 4.79 Å². The van der Waals surface area contributed by atoms with Gasteiger partial charge in [-0.05, 0) is 34.8 Å². The molecule has 1 heterocycles. The highest BCUT2D eigenvalue weighted by Gasteiger charge is 2.12. The van der Waals surface area contributed by atoms with Gasteiger partial charge in [0.15, 0.2) is 0 Å². The smallest absolute Gasteiger partial charge is 0.268 e. The molecule has 5 nitrogen and oxygen atoms in total. The Kier molecular flexibility index (Phi) is 4.71. The van der Waals surface area contributed by atoms with Crippen LogP contribution in [0.1, 0.15) is 31.9 Å². The third-order valence-corrected chi connectivity index (χ3v) is 4.10. The van der Waals surface area contributed by atoms with E-state index < -0.39 is 5.91 Å². The van der Waals surface area contributed by atoms with Crippen molar-refractivity contribution >= 4 is 22.9 Å². The van der Waals surface area contributed by atoms with Crippen LogP contribution in [0.2, 0.25) is 0 Å². The molecule has 132 valence electrons. The number of carbonyl (C=O) groups excluding carboxylic acids is 1. The fourth-order valence-electron chi connectivity index (χ4n) is 2.57. The Bertz CT molecular complexity index is 1030. The van der Waals surface area contributed by atoms with Crippen LogP contribution in [-0.4, -0.2) is 15.6 Å². The Morgan fingerprint density at radius 3 is 2.46 bits per heavy atom. The number of rotatable bonds is 3. The van der Waals surface area contributed by atoms with Gasteiger partial charge in [-0.2, -0.15) is 0 Å². The van der Waals surface area contributed by atoms with Crippen LogP contribution in [0.4, 0.5) is 0 Å². The molecule has 1 N–H and O–H groups in total. The van der Waals surface area contributed by atoms with E-state index in [0.29, 0.717) is 10.9 Å². The first kappa shape index (κ1) is 17.6. The summed E-state index contributed by atoms with van der Waals surface area (Å²) in [6.07, 6.45) is 4.42. The number of nitrogens with zero attached hydrogens (tertiary/aromatic N) is 2. The first-order chi connectivity index (χ1) is 12.3. The molecule has 5 heteroatoms. The van der Waals surface area contributed by atoms with Gasteiger partial charge in [-0.3, -0.25) is 15.0 Å². The van der Waals surface area contributed by atoms with Crippen molar-refractivity contribution in [2.45, 2.75) is 26.2 Å². The van der Waals surface area contributed by atoms with Gasteiger partial charge < -0.3 is 0 Å². The predicted octanol–water partition coefficient (Wildman–Crippen LogP) is 3.48. The molecule has 1 aromatic heterocycles. The molecule has 0 radical (unpaired) electrons. The standard InChI is InChI=1S/C21H21N3O2/c1-21(2,3)16-11-8-15(9-12-16)10-13-19(25)23-24-14-22-18-7-5-4-6-17(18)20(24)26/h4-14H,1-3H3,(H,23,25). The summed E-state index contributed by atoms with van der Waals surface area (Å²) >= 11 is 0. The number of fused-ring (bicyclic) bond motifs is 1. The zero-order valence-corrected chi connectivity index (χ0v) is 15.1. The number of para-hydroxylation sites is 1. The monoisotopic (exact) mass is 347 g/mol. The van der Waals surface area contributed by atoms with Gasteiger partial charge in [0.05, 0.1) is 10.9 Å². The summed E-state index contributed by atoms with van der Waals surface area (Å²) in [7, 11) is 0. The molecule has 0 aliphatic heterocycles. The van der Waals surface area contributed by atoms with E-state index in [2.05, 4.69) is 43.3 Å². The second-order valence-corrected chi connectivity index (χ2v) is 7.12. The molecule has 1 amide bonds. The maximum atomic E-state index is 12.4. The zero-order chi connectivity index (χ0) is 18.7. The van der Waals surface area contributed by atoms with Crippen molar-refractivity contribution in [2.75, 3.05) is 5.43 Å². The molecule has 26 heavy (non-hydrogen) atoms. The van der Waals surface area contributed by atoms with Crippen molar-refractivity contribution in [1.29, 1.82) is 0 Å². The van der Waals surface area contributed by atoms with Gasteiger partial charge in [0, 0.05) is 6.08 Å². The molecule has 0 aliphatic carbocycles. The second-order valence-electron chi connectivity index (χ2n) is 7.12. The van der Waals surface area contributed by atoms with E-state index in [-0.39, 0.29) is 11.0 Å². The normalized spacial score (nSPS) is 11.8. The molecule has 0 saturated heterocycles. The lowest BCUT2D eigenvalue weighted by molar-refractivity contribution is -0.112. The zero-order valence-electron chi connectivity index (χ0n) is 15.1. The largest absolute Gasteiger partial charge is 0.280 e. The summed E-state index contributed by atoms with van der Waals surface area (Å²) in [5, 5.41) is 0.456. The van der Waals surface area contributed by atoms with Crippen molar-refractivity contribution in [3.63, 3.8) is 0 Å². The maximum Gasteiger partial charge on any atom is 0.280 e. The molecule has 0 atom stereocenters. The fourth-order valence-corrected chi connectivity index (χ4v) is 2.57. The number of nitrogens with one attached hydrogen (secondary N) is 1. The van der Waals surface area contributed by atoms with Crippen LogP contribution in [0.3, 0.4) is 0 Å². The molecule has 2 aromatic carbocycles. The molecule has 0 saturated carbocycles. The van der Waals surface area contributed by atoms with E-state index in [9.17, 15) is 9.59 Å². The Morgan fingerprint density at radius 2 is 1.77 bits per heavy atom. The first-order valence-corrected chi connectivity index (χ1v) is 8.40. The average molecular weight is 347 g/mol. The van der Waals surface area contributed by atoms with Gasteiger partial charge in [0.1, 0.15) is 6.33 Å². The highest BCUT2D eigenvalue weighted by Crippen LogP contribution is 2.22. The summed E-state index contributed by atoms with van der Waals surface area (Å²) in [5.74, 6) is -0.399. The Hall–Kier alpha value is -3.21. The lowest BCUT2D eigenvalue weighted by Crippen LogP contribution is -2.32. The fraction of sp³-hybridized carbons (Fsp3) is 0.190. The molecule has 3 aromatic rings. The van der Waals surface area contributed by atoms with Gasteiger partial charge in [0.2, 0.25) is 0 Å². The third kappa shape index (κ3) is 3.88. The number of amides is 1. The summed E-state index contributed by atoms with van der Waals surface area (Å²) in [4.78, 5) is 28.6. The van der Waals surface area contributed by atoms with Crippen molar-refractivity contribution in [3.8, 4) is 0 Å². The minimum Gasteiger partial charge on any atom is -0.268 e. The molecule has 0 unspecified atom stereocenters. The number of carbonyl (C=O) groups is 1. The van der Waals surface area contributed by atoms with Crippen LogP contribution >= 0.6 is 0 Å². The van der Waals surface area contributed by atoms with E-state index in [4.69, 9.17) is 0 Å². The molecule has 0 fully saturated rings. The van der Waals surface area contributed by atoms with E-state index in [1.165, 1.54) is 18.0 Å². The molecule has 0 aliphatic rings. The second kappa shape index (κ2) is 6.96. The number of aromatic nitrogens is 2. The Labute approximate surface area is 152 Å². The van der Waals surface area contributed by atoms with Crippen LogP contribution in [0.15, 0.2) is 65.7 Å². The Morgan fingerprint density at radius 1 is 1.08 bits per heavy atom. The van der Waals surface area contributed by atoms with Gasteiger partial charge in [-0.1, -0.05) is 57.2 Å². The lowest BCUT2D eigenvalue weighted by Gasteiger charge is -2.18. The number of benzene rings is 2. The predicted molar refractivity (Wildman–Crippen MR) is 105 cm³/mol. The van der Waals surface area contributed by atoms with Gasteiger partial charge in [-0.15, -0.1) is 0 Å². The third-order valence-electron chi connectivity index (χ3n) is 4.10. The summed E-state index contributed by atoms with van der Waals surface area (Å²) in [6.45, 7) is 6.46. The van der Waals surface area contributed by atoms with Crippen LogP contribution in [-0.2, 0) is 10.2 Å². The number of hydrogen-bond acceptors (Lipinski definition) is 3. The molecule has 3 rings (SSSR count). The lowest BCUT2D eigenvalue weighted by atomic mass is 9.87. The summed E-state index contributed by atoms with van der Waals surface area (Å²) in [5.41, 5.74) is 5.04. The summed E-state index contributed by atoms with van der Waals surface area (Å²) < 4.78 is 1.09. The van der Waals surface area contributed by atoms with Gasteiger partial charge in [-0.25, -0.2) is 9.66 Å². The van der Waals surface area contributed by atoms with E-state index in [1.807, 2.05) is 18.2 Å². The van der Waals surface area contributed by atoms with Gasteiger partial charge >= 0.3 is 0 Å². The molecular weight excluding hydrogens is 326 g/mol. The molecule has 0 spiro atoms. The maximum absolute atomic E-state index is 12.4. The molecular formula is C21H21N3O2. The van der Waals surface area contributed by atoms with Gasteiger partial charge in [0.25, 0.3) is 11.5 Å². The SMILES string of the molecule is CC(C)(C)c1ccc(C=CC(=O)Nn2cnc3ccccc3c2=O)cc1. The quantitative estimate of drug-likeness (QED) is 0.738. The van der Waals surface area contributed by atoms with Crippen molar-refractivity contribution in [3.05, 3.63) is 82.4 Å².